The molecule has 1 aliphatic carbocycles. The number of halogens is 2. The predicted octanol–water partition coefficient (Wildman–Crippen LogP) is 4.76. The van der Waals surface area contributed by atoms with E-state index in [0.717, 1.165) is 36.1 Å². The van der Waals surface area contributed by atoms with Crippen molar-refractivity contribution in [3.8, 4) is 0 Å². The molecular formula is C15H18ClFN2. The number of hydrogen-bond donors (Lipinski definition) is 0. The first kappa shape index (κ1) is 12.9. The van der Waals surface area contributed by atoms with Gasteiger partial charge in [-0.3, -0.25) is 0 Å². The Kier molecular flexibility index (Phi) is 3.05. The maximum atomic E-state index is 13.6. The first-order valence-electron chi connectivity index (χ1n) is 6.90. The highest BCUT2D eigenvalue weighted by Crippen LogP contribution is 2.46. The zero-order valence-corrected chi connectivity index (χ0v) is 12.0. The molecule has 0 spiro atoms. The topological polar surface area (TPSA) is 17.8 Å². The molecule has 2 aromatic rings. The Bertz CT molecular complexity index is 608. The lowest BCUT2D eigenvalue weighted by molar-refractivity contribution is 0.137. The van der Waals surface area contributed by atoms with E-state index in [9.17, 15) is 4.39 Å². The smallest absolute Gasteiger partial charge is 0.128 e. The lowest BCUT2D eigenvalue weighted by atomic mass is 9.74. The van der Waals surface area contributed by atoms with Gasteiger partial charge in [0.05, 0.1) is 16.4 Å². The quantitative estimate of drug-likeness (QED) is 0.741. The van der Waals surface area contributed by atoms with E-state index >= 15 is 0 Å². The fourth-order valence-corrected chi connectivity index (χ4v) is 3.30. The SMILES string of the molecule is CCC1(n2c(C(C)Cl)nc3ccc(F)cc32)CCC1. The van der Waals surface area contributed by atoms with Crippen molar-refractivity contribution < 1.29 is 4.39 Å². The molecule has 0 N–H and O–H groups in total. The van der Waals surface area contributed by atoms with Crippen LogP contribution in [0.1, 0.15) is 50.7 Å². The average molecular weight is 281 g/mol. The number of imidazole rings is 1. The van der Waals surface area contributed by atoms with Crippen LogP contribution in [0.15, 0.2) is 18.2 Å². The van der Waals surface area contributed by atoms with Gasteiger partial charge < -0.3 is 4.57 Å². The summed E-state index contributed by atoms with van der Waals surface area (Å²) in [7, 11) is 0. The average Bonchev–Trinajstić information content (AvgIpc) is 2.68. The van der Waals surface area contributed by atoms with Crippen molar-refractivity contribution in [1.29, 1.82) is 0 Å². The standard InChI is InChI=1S/C15H18ClFN2/c1-3-15(7-4-8-15)19-13-9-11(17)5-6-12(13)18-14(19)10(2)16/h5-6,9-10H,3-4,7-8H2,1-2H3. The highest BCUT2D eigenvalue weighted by atomic mass is 35.5. The molecule has 0 radical (unpaired) electrons. The van der Waals surface area contributed by atoms with Crippen LogP contribution in [0, 0.1) is 5.82 Å². The van der Waals surface area contributed by atoms with Crippen LogP contribution in [0.25, 0.3) is 11.0 Å². The summed E-state index contributed by atoms with van der Waals surface area (Å²) in [4.78, 5) is 4.61. The van der Waals surface area contributed by atoms with Gasteiger partial charge in [0.1, 0.15) is 11.6 Å². The van der Waals surface area contributed by atoms with E-state index in [0.29, 0.717) is 0 Å². The summed E-state index contributed by atoms with van der Waals surface area (Å²) in [6.45, 7) is 4.12. The molecule has 1 unspecified atom stereocenters. The summed E-state index contributed by atoms with van der Waals surface area (Å²) in [5.41, 5.74) is 1.80. The maximum Gasteiger partial charge on any atom is 0.128 e. The second kappa shape index (κ2) is 4.48. The Hall–Kier alpha value is -1.09. The first-order chi connectivity index (χ1) is 9.07. The highest BCUT2D eigenvalue weighted by Gasteiger charge is 2.40. The van der Waals surface area contributed by atoms with Gasteiger partial charge in [-0.1, -0.05) is 6.92 Å². The van der Waals surface area contributed by atoms with Crippen molar-refractivity contribution in [3.63, 3.8) is 0 Å². The Morgan fingerprint density at radius 2 is 2.21 bits per heavy atom. The predicted molar refractivity (Wildman–Crippen MR) is 76.1 cm³/mol. The van der Waals surface area contributed by atoms with Crippen LogP contribution in [0.4, 0.5) is 4.39 Å². The van der Waals surface area contributed by atoms with Gasteiger partial charge in [-0.05, 0) is 50.8 Å². The van der Waals surface area contributed by atoms with Gasteiger partial charge in [0.2, 0.25) is 0 Å². The van der Waals surface area contributed by atoms with Crippen molar-refractivity contribution in [2.45, 2.75) is 50.4 Å². The molecule has 1 fully saturated rings. The summed E-state index contributed by atoms with van der Waals surface area (Å²) >= 11 is 6.29. The normalized spacial score (nSPS) is 19.4. The highest BCUT2D eigenvalue weighted by molar-refractivity contribution is 6.20. The van der Waals surface area contributed by atoms with Gasteiger partial charge in [-0.2, -0.15) is 0 Å². The lowest BCUT2D eigenvalue weighted by Crippen LogP contribution is -2.41. The van der Waals surface area contributed by atoms with Crippen LogP contribution >= 0.6 is 11.6 Å². The summed E-state index contributed by atoms with van der Waals surface area (Å²) in [6, 6.07) is 4.79. The van der Waals surface area contributed by atoms with E-state index in [1.165, 1.54) is 12.5 Å². The third-order valence-electron chi connectivity index (χ3n) is 4.41. The number of aromatic nitrogens is 2. The second-order valence-corrected chi connectivity index (χ2v) is 6.14. The van der Waals surface area contributed by atoms with Gasteiger partial charge >= 0.3 is 0 Å². The molecule has 19 heavy (non-hydrogen) atoms. The summed E-state index contributed by atoms with van der Waals surface area (Å²) < 4.78 is 15.8. The van der Waals surface area contributed by atoms with E-state index in [-0.39, 0.29) is 16.7 Å². The molecule has 4 heteroatoms. The van der Waals surface area contributed by atoms with Crippen LogP contribution < -0.4 is 0 Å². The summed E-state index contributed by atoms with van der Waals surface area (Å²) in [5.74, 6) is 0.650. The number of hydrogen-bond acceptors (Lipinski definition) is 1. The van der Waals surface area contributed by atoms with Crippen molar-refractivity contribution in [2.24, 2.45) is 0 Å². The van der Waals surface area contributed by atoms with Gasteiger partial charge in [0, 0.05) is 5.54 Å². The number of benzene rings is 1. The molecule has 1 aliphatic rings. The summed E-state index contributed by atoms with van der Waals surface area (Å²) in [6.07, 6.45) is 4.51. The van der Waals surface area contributed by atoms with E-state index in [2.05, 4.69) is 16.5 Å². The number of nitrogens with zero attached hydrogens (tertiary/aromatic N) is 2. The minimum absolute atomic E-state index is 0.0844. The Morgan fingerprint density at radius 1 is 1.47 bits per heavy atom. The Labute approximate surface area is 117 Å². The van der Waals surface area contributed by atoms with E-state index in [4.69, 9.17) is 11.6 Å². The molecule has 1 atom stereocenters. The molecule has 1 saturated carbocycles. The molecule has 0 amide bonds. The molecule has 2 nitrogen and oxygen atoms in total. The summed E-state index contributed by atoms with van der Waals surface area (Å²) in [5, 5.41) is -0.167. The van der Waals surface area contributed by atoms with E-state index in [1.54, 1.807) is 12.1 Å². The third kappa shape index (κ3) is 1.86. The van der Waals surface area contributed by atoms with Crippen LogP contribution in [0.5, 0.6) is 0 Å². The fourth-order valence-electron chi connectivity index (χ4n) is 3.15. The molecule has 102 valence electrons. The molecular weight excluding hydrogens is 263 g/mol. The van der Waals surface area contributed by atoms with Gasteiger partial charge in [-0.15, -0.1) is 11.6 Å². The Balaban J connectivity index is 2.30. The van der Waals surface area contributed by atoms with Crippen molar-refractivity contribution in [2.75, 3.05) is 0 Å². The molecule has 0 aliphatic heterocycles. The van der Waals surface area contributed by atoms with Crippen molar-refractivity contribution >= 4 is 22.6 Å². The monoisotopic (exact) mass is 280 g/mol. The minimum atomic E-state index is -0.215. The molecule has 0 saturated heterocycles. The fraction of sp³-hybridized carbons (Fsp3) is 0.533. The van der Waals surface area contributed by atoms with Crippen LogP contribution in [-0.4, -0.2) is 9.55 Å². The molecule has 0 bridgehead atoms. The maximum absolute atomic E-state index is 13.6. The first-order valence-corrected chi connectivity index (χ1v) is 7.33. The second-order valence-electron chi connectivity index (χ2n) is 5.49. The number of alkyl halides is 1. The molecule has 3 rings (SSSR count). The van der Waals surface area contributed by atoms with Gasteiger partial charge in [0.15, 0.2) is 0 Å². The van der Waals surface area contributed by atoms with Crippen molar-refractivity contribution in [3.05, 3.63) is 29.8 Å². The van der Waals surface area contributed by atoms with Crippen LogP contribution in [0.2, 0.25) is 0 Å². The van der Waals surface area contributed by atoms with Crippen molar-refractivity contribution in [1.82, 2.24) is 9.55 Å². The molecule has 1 aromatic carbocycles. The van der Waals surface area contributed by atoms with E-state index in [1.807, 2.05) is 6.92 Å². The van der Waals surface area contributed by atoms with Crippen LogP contribution in [0.3, 0.4) is 0 Å². The third-order valence-corrected chi connectivity index (χ3v) is 4.61. The lowest BCUT2D eigenvalue weighted by Gasteiger charge is -2.44. The molecule has 1 aromatic heterocycles. The minimum Gasteiger partial charge on any atom is -0.320 e. The number of fused-ring (bicyclic) bond motifs is 1. The van der Waals surface area contributed by atoms with Gasteiger partial charge in [0.25, 0.3) is 0 Å². The largest absolute Gasteiger partial charge is 0.320 e. The van der Waals surface area contributed by atoms with Crippen LogP contribution in [-0.2, 0) is 5.54 Å². The zero-order valence-electron chi connectivity index (χ0n) is 11.3. The van der Waals surface area contributed by atoms with Gasteiger partial charge in [-0.25, -0.2) is 9.37 Å². The van der Waals surface area contributed by atoms with E-state index < -0.39 is 0 Å². The Morgan fingerprint density at radius 3 is 2.74 bits per heavy atom. The molecule has 1 heterocycles. The number of rotatable bonds is 3. The zero-order chi connectivity index (χ0) is 13.6.